The Kier molecular flexibility index (Phi) is 16.9. The van der Waals surface area contributed by atoms with Crippen LogP contribution in [-0.4, -0.2) is 40.5 Å². The van der Waals surface area contributed by atoms with Crippen LogP contribution in [0.2, 0.25) is 0 Å². The van der Waals surface area contributed by atoms with Gasteiger partial charge >= 0.3 is 5.97 Å². The number of rotatable bonds is 10. The first-order valence-corrected chi connectivity index (χ1v) is 12.5. The lowest BCUT2D eigenvalue weighted by Gasteiger charge is -2.42. The van der Waals surface area contributed by atoms with Gasteiger partial charge in [0.2, 0.25) is 0 Å². The molecular weight excluding hydrogens is 382 g/mol. The summed E-state index contributed by atoms with van der Waals surface area (Å²) in [4.78, 5) is 12.0. The van der Waals surface area contributed by atoms with E-state index in [1.807, 2.05) is 0 Å². The number of nitrogens with zero attached hydrogens (tertiary/aromatic N) is 1. The third kappa shape index (κ3) is 12.0. The summed E-state index contributed by atoms with van der Waals surface area (Å²) in [6.45, 7) is 12.8. The number of alkyl halides is 1. The van der Waals surface area contributed by atoms with Crippen molar-refractivity contribution in [2.24, 2.45) is 5.41 Å². The Morgan fingerprint density at radius 3 is 2.24 bits per heavy atom. The topological polar surface area (TPSA) is 40.5 Å². The van der Waals surface area contributed by atoms with E-state index in [9.17, 15) is 4.79 Å². The first kappa shape index (κ1) is 28.5. The molecular formula is C25H48ClNO2. The quantitative estimate of drug-likeness (QED) is 0.220. The van der Waals surface area contributed by atoms with Crippen LogP contribution >= 0.6 is 11.6 Å². The molecule has 0 amide bonds. The summed E-state index contributed by atoms with van der Waals surface area (Å²) in [6, 6.07) is 0.580. The van der Waals surface area contributed by atoms with Crippen LogP contribution in [0.15, 0.2) is 12.2 Å². The maximum absolute atomic E-state index is 9.37. The second kappa shape index (κ2) is 17.2. The van der Waals surface area contributed by atoms with Crippen LogP contribution in [0.25, 0.3) is 0 Å². The highest BCUT2D eigenvalue weighted by Crippen LogP contribution is 2.48. The summed E-state index contributed by atoms with van der Waals surface area (Å²) >= 11 is 6.49. The lowest BCUT2D eigenvalue weighted by atomic mass is 9.63. The Hall–Kier alpha value is -0.540. The van der Waals surface area contributed by atoms with Crippen molar-refractivity contribution in [2.45, 2.75) is 123 Å². The first-order valence-electron chi connectivity index (χ1n) is 12.1. The Balaban J connectivity index is 0.000000838. The molecule has 1 unspecified atom stereocenters. The van der Waals surface area contributed by atoms with E-state index in [1.165, 1.54) is 77.3 Å². The van der Waals surface area contributed by atoms with E-state index >= 15 is 0 Å². The Morgan fingerprint density at radius 2 is 1.79 bits per heavy atom. The van der Waals surface area contributed by atoms with Crippen LogP contribution in [0, 0.1) is 5.41 Å². The molecule has 2 aliphatic rings. The van der Waals surface area contributed by atoms with Crippen LogP contribution in [-0.2, 0) is 4.79 Å². The van der Waals surface area contributed by atoms with E-state index in [0.29, 0.717) is 11.4 Å². The molecule has 2 rings (SSSR count). The molecule has 0 aromatic carbocycles. The molecule has 3 nitrogen and oxygen atoms in total. The fourth-order valence-corrected chi connectivity index (χ4v) is 4.73. The minimum absolute atomic E-state index is 0.222. The van der Waals surface area contributed by atoms with Crippen molar-refractivity contribution >= 4 is 17.6 Å². The third-order valence-corrected chi connectivity index (χ3v) is 6.60. The van der Waals surface area contributed by atoms with E-state index in [-0.39, 0.29) is 6.42 Å². The molecule has 1 saturated heterocycles. The molecule has 1 heterocycles. The van der Waals surface area contributed by atoms with E-state index in [0.717, 1.165) is 11.8 Å². The van der Waals surface area contributed by atoms with Gasteiger partial charge in [0.1, 0.15) is 0 Å². The Labute approximate surface area is 186 Å². The minimum atomic E-state index is -0.745. The number of halogens is 1. The van der Waals surface area contributed by atoms with Crippen LogP contribution in [0.4, 0.5) is 0 Å². The molecule has 0 bridgehead atoms. The largest absolute Gasteiger partial charge is 0.481 e. The Morgan fingerprint density at radius 1 is 1.17 bits per heavy atom. The van der Waals surface area contributed by atoms with E-state index in [4.69, 9.17) is 16.7 Å². The van der Waals surface area contributed by atoms with Gasteiger partial charge in [0.05, 0.1) is 5.38 Å². The molecule has 0 radical (unpaired) electrons. The van der Waals surface area contributed by atoms with Crippen molar-refractivity contribution in [1.29, 1.82) is 0 Å². The highest BCUT2D eigenvalue weighted by Gasteiger charge is 2.35. The number of carboxylic acids is 1. The number of unbranched alkanes of at least 4 members (excludes halogenated alkanes) is 1. The van der Waals surface area contributed by atoms with Crippen molar-refractivity contribution in [1.82, 2.24) is 4.90 Å². The highest BCUT2D eigenvalue weighted by atomic mass is 35.5. The van der Waals surface area contributed by atoms with Gasteiger partial charge in [0, 0.05) is 12.5 Å². The zero-order chi connectivity index (χ0) is 22.1. The van der Waals surface area contributed by atoms with E-state index in [2.05, 4.69) is 44.7 Å². The molecule has 0 aromatic heterocycles. The molecule has 4 heteroatoms. The number of carboxylic acid groups (broad SMARTS) is 1. The number of hydrogen-bond donors (Lipinski definition) is 1. The predicted molar refractivity (Wildman–Crippen MR) is 128 cm³/mol. The molecule has 29 heavy (non-hydrogen) atoms. The minimum Gasteiger partial charge on any atom is -0.481 e. The zero-order valence-corrected chi connectivity index (χ0v) is 20.6. The molecule has 1 aliphatic carbocycles. The average molecular weight is 430 g/mol. The van der Waals surface area contributed by atoms with Gasteiger partial charge in [-0.3, -0.25) is 9.69 Å². The van der Waals surface area contributed by atoms with Crippen LogP contribution in [0.1, 0.15) is 112 Å². The Bertz CT molecular complexity index is 435. The molecule has 0 aromatic rings. The van der Waals surface area contributed by atoms with Gasteiger partial charge in [-0.2, -0.15) is 0 Å². The van der Waals surface area contributed by atoms with Crippen molar-refractivity contribution < 1.29 is 9.90 Å². The van der Waals surface area contributed by atoms with Crippen molar-refractivity contribution in [3.8, 4) is 0 Å². The van der Waals surface area contributed by atoms with Crippen molar-refractivity contribution in [3.05, 3.63) is 12.2 Å². The average Bonchev–Trinajstić information content (AvgIpc) is 3.02. The van der Waals surface area contributed by atoms with Crippen LogP contribution < -0.4 is 0 Å². The van der Waals surface area contributed by atoms with Gasteiger partial charge in [-0.05, 0) is 70.4 Å². The van der Waals surface area contributed by atoms with Gasteiger partial charge in [-0.15, -0.1) is 11.6 Å². The van der Waals surface area contributed by atoms with Gasteiger partial charge < -0.3 is 5.11 Å². The van der Waals surface area contributed by atoms with Crippen molar-refractivity contribution in [3.63, 3.8) is 0 Å². The van der Waals surface area contributed by atoms with Gasteiger partial charge in [-0.25, -0.2) is 0 Å². The first-order chi connectivity index (χ1) is 13.9. The fraction of sp³-hybridized carbons (Fsp3) is 0.880. The molecule has 2 atom stereocenters. The molecule has 2 fully saturated rings. The van der Waals surface area contributed by atoms with E-state index < -0.39 is 5.97 Å². The number of likely N-dealkylation sites (tertiary alicyclic amines) is 1. The number of allylic oxidation sites excluding steroid dienone is 1. The van der Waals surface area contributed by atoms with Gasteiger partial charge in [-0.1, -0.05) is 65.5 Å². The monoisotopic (exact) mass is 429 g/mol. The molecule has 1 saturated carbocycles. The lowest BCUT2D eigenvalue weighted by molar-refractivity contribution is -0.136. The standard InChI is InChI=1S/C19H34ClN.C3H6O2.C3H8/c1-3-5-9-18-17(20)10-16-21(18)15-7-6-12-19(11-4-2)13-8-14-19;1-2-3(4)5;1-3-2/h3,5,17-18H,4,6-16H2,1-2H3;2H2,1H3,(H,4,5);3H2,1-2H3/b5-3-;;/t17?,18-;;/m0../s1. The normalized spacial score (nSPS) is 23.0. The molecule has 1 aliphatic heterocycles. The molecule has 0 spiro atoms. The number of carbonyl (C=O) groups is 1. The zero-order valence-electron chi connectivity index (χ0n) is 19.9. The van der Waals surface area contributed by atoms with Crippen molar-refractivity contribution in [2.75, 3.05) is 13.1 Å². The second-order valence-electron chi connectivity index (χ2n) is 8.73. The summed E-state index contributed by atoms with van der Waals surface area (Å²) in [5.41, 5.74) is 0.749. The van der Waals surface area contributed by atoms with Gasteiger partial charge in [0.15, 0.2) is 0 Å². The summed E-state index contributed by atoms with van der Waals surface area (Å²) in [7, 11) is 0. The maximum atomic E-state index is 9.37. The SMILES string of the molecule is C/C=C\C[C@H]1C(Cl)CCN1CCCCC1(CCC)CCC1.CCC.CCC(=O)O. The van der Waals surface area contributed by atoms with Crippen LogP contribution in [0.5, 0.6) is 0 Å². The summed E-state index contributed by atoms with van der Waals surface area (Å²) in [5.74, 6) is -0.745. The lowest BCUT2D eigenvalue weighted by Crippen LogP contribution is -2.34. The number of aliphatic carboxylic acids is 1. The van der Waals surface area contributed by atoms with Crippen LogP contribution in [0.3, 0.4) is 0 Å². The predicted octanol–water partition coefficient (Wildman–Crippen LogP) is 7.67. The van der Waals surface area contributed by atoms with Gasteiger partial charge in [0.25, 0.3) is 0 Å². The third-order valence-electron chi connectivity index (χ3n) is 6.09. The molecule has 1 N–H and O–H groups in total. The fourth-order valence-electron chi connectivity index (χ4n) is 4.37. The smallest absolute Gasteiger partial charge is 0.303 e. The summed E-state index contributed by atoms with van der Waals surface area (Å²) in [6.07, 6.45) is 19.8. The highest BCUT2D eigenvalue weighted by molar-refractivity contribution is 6.21. The number of hydrogen-bond acceptors (Lipinski definition) is 2. The summed E-state index contributed by atoms with van der Waals surface area (Å²) in [5, 5.41) is 8.08. The second-order valence-corrected chi connectivity index (χ2v) is 9.29. The maximum Gasteiger partial charge on any atom is 0.303 e. The molecule has 172 valence electrons. The summed E-state index contributed by atoms with van der Waals surface area (Å²) < 4.78 is 0. The van der Waals surface area contributed by atoms with E-state index in [1.54, 1.807) is 6.92 Å².